The molecule has 4 heteroatoms. The smallest absolute Gasteiger partial charge is 0.149 e. The van der Waals surface area contributed by atoms with Crippen LogP contribution in [-0.2, 0) is 0 Å². The molecule has 0 spiro atoms. The van der Waals surface area contributed by atoms with Gasteiger partial charge in [-0.2, -0.15) is 0 Å². The Morgan fingerprint density at radius 1 is 1.58 bits per heavy atom. The van der Waals surface area contributed by atoms with Crippen molar-refractivity contribution in [3.63, 3.8) is 0 Å². The quantitative estimate of drug-likeness (QED) is 0.227. The molecule has 62 valence electrons. The number of hydrogen-bond donors (Lipinski definition) is 3. The Hall–Kier alpha value is -1.29. The standard InChI is InChI=1S/C8H11BN2O/c1-5-2-3-6(4-7(5)9)8(10)11-12/h2-4,12H,9H2,1H3,(H2,10,11). The highest BCUT2D eigenvalue weighted by atomic mass is 16.5. The third-order valence-corrected chi connectivity index (χ3v) is 1.91. The summed E-state index contributed by atoms with van der Waals surface area (Å²) in [6, 6.07) is 5.59. The number of aryl methyl sites for hydroxylation is 1. The van der Waals surface area contributed by atoms with Crippen LogP contribution in [-0.4, -0.2) is 18.9 Å². The molecular formula is C8H11BN2O. The molecule has 0 heterocycles. The van der Waals surface area contributed by atoms with Crippen molar-refractivity contribution < 1.29 is 5.21 Å². The lowest BCUT2D eigenvalue weighted by Crippen LogP contribution is -2.21. The molecule has 1 rings (SSSR count). The lowest BCUT2D eigenvalue weighted by molar-refractivity contribution is 0.234. The lowest BCUT2D eigenvalue weighted by atomic mass is 9.89. The van der Waals surface area contributed by atoms with Crippen LogP contribution in [0, 0.1) is 12.3 Å². The van der Waals surface area contributed by atoms with Crippen LogP contribution in [0.2, 0.25) is 0 Å². The summed E-state index contributed by atoms with van der Waals surface area (Å²) in [4.78, 5) is 0. The molecule has 0 saturated heterocycles. The first-order chi connectivity index (χ1) is 5.65. The van der Waals surface area contributed by atoms with Crippen molar-refractivity contribution in [3.8, 4) is 0 Å². The molecule has 0 aliphatic rings. The Balaban J connectivity index is 3.05. The van der Waals surface area contributed by atoms with Crippen molar-refractivity contribution in [3.05, 3.63) is 29.3 Å². The van der Waals surface area contributed by atoms with Crippen LogP contribution in [0.5, 0.6) is 0 Å². The third kappa shape index (κ3) is 1.65. The van der Waals surface area contributed by atoms with Crippen LogP contribution in [0.3, 0.4) is 0 Å². The Morgan fingerprint density at radius 2 is 2.25 bits per heavy atom. The molecule has 0 aliphatic carbocycles. The highest BCUT2D eigenvalue weighted by Gasteiger charge is 2.00. The second kappa shape index (κ2) is 3.41. The number of benzene rings is 1. The van der Waals surface area contributed by atoms with E-state index in [4.69, 9.17) is 10.6 Å². The molecule has 0 atom stereocenters. The average Bonchev–Trinajstić information content (AvgIpc) is 2.08. The van der Waals surface area contributed by atoms with Crippen LogP contribution in [0.1, 0.15) is 11.1 Å². The fraction of sp³-hybridized carbons (Fsp3) is 0.125. The van der Waals surface area contributed by atoms with Crippen molar-refractivity contribution in [1.29, 1.82) is 5.41 Å². The van der Waals surface area contributed by atoms with Gasteiger partial charge >= 0.3 is 0 Å². The van der Waals surface area contributed by atoms with Crippen molar-refractivity contribution in [2.45, 2.75) is 6.92 Å². The molecule has 0 aliphatic heterocycles. The molecule has 0 fully saturated rings. The predicted molar refractivity (Wildman–Crippen MR) is 51.1 cm³/mol. The Kier molecular flexibility index (Phi) is 2.50. The van der Waals surface area contributed by atoms with Gasteiger partial charge in [0.1, 0.15) is 13.7 Å². The summed E-state index contributed by atoms with van der Waals surface area (Å²) in [5.74, 6) is 0.0260. The van der Waals surface area contributed by atoms with Gasteiger partial charge in [-0.15, -0.1) is 0 Å². The minimum atomic E-state index is 0.0260. The largest absolute Gasteiger partial charge is 0.290 e. The van der Waals surface area contributed by atoms with Crippen molar-refractivity contribution in [2.24, 2.45) is 0 Å². The highest BCUT2D eigenvalue weighted by Crippen LogP contribution is 1.99. The van der Waals surface area contributed by atoms with E-state index < -0.39 is 0 Å². The van der Waals surface area contributed by atoms with Gasteiger partial charge in [-0.25, -0.2) is 0 Å². The van der Waals surface area contributed by atoms with E-state index in [0.29, 0.717) is 5.56 Å². The Bertz CT molecular complexity index is 312. The summed E-state index contributed by atoms with van der Waals surface area (Å²) in [6.45, 7) is 2.01. The summed E-state index contributed by atoms with van der Waals surface area (Å²) in [5.41, 5.74) is 4.81. The maximum Gasteiger partial charge on any atom is 0.149 e. The molecule has 0 bridgehead atoms. The molecular weight excluding hydrogens is 151 g/mol. The molecule has 0 aromatic heterocycles. The number of hydroxylamine groups is 1. The van der Waals surface area contributed by atoms with E-state index in [0.717, 1.165) is 5.46 Å². The van der Waals surface area contributed by atoms with Gasteiger partial charge in [0.2, 0.25) is 0 Å². The highest BCUT2D eigenvalue weighted by molar-refractivity contribution is 6.33. The first-order valence-electron chi connectivity index (χ1n) is 3.71. The maximum absolute atomic E-state index is 8.47. The SMILES string of the molecule is Bc1cc(C(=N)NO)ccc1C. The van der Waals surface area contributed by atoms with Crippen LogP contribution >= 0.6 is 0 Å². The normalized spacial score (nSPS) is 9.50. The van der Waals surface area contributed by atoms with Gasteiger partial charge in [-0.1, -0.05) is 29.2 Å². The summed E-state index contributed by atoms with van der Waals surface area (Å²) >= 11 is 0. The summed E-state index contributed by atoms with van der Waals surface area (Å²) in [6.07, 6.45) is 0. The fourth-order valence-electron chi connectivity index (χ4n) is 0.961. The zero-order valence-electron chi connectivity index (χ0n) is 7.18. The molecule has 0 unspecified atom stereocenters. The van der Waals surface area contributed by atoms with Crippen LogP contribution in [0.4, 0.5) is 0 Å². The molecule has 1 aromatic carbocycles. The van der Waals surface area contributed by atoms with Crippen LogP contribution in [0.15, 0.2) is 18.2 Å². The van der Waals surface area contributed by atoms with E-state index in [1.165, 1.54) is 5.56 Å². The molecule has 3 N–H and O–H groups in total. The second-order valence-corrected chi connectivity index (χ2v) is 2.79. The van der Waals surface area contributed by atoms with Crippen LogP contribution < -0.4 is 10.9 Å². The first kappa shape index (κ1) is 8.81. The van der Waals surface area contributed by atoms with Gasteiger partial charge in [0.05, 0.1) is 0 Å². The number of amidine groups is 1. The van der Waals surface area contributed by atoms with Gasteiger partial charge in [0.25, 0.3) is 0 Å². The van der Waals surface area contributed by atoms with Crippen molar-refractivity contribution in [2.75, 3.05) is 0 Å². The number of hydrogen-bond acceptors (Lipinski definition) is 2. The summed E-state index contributed by atoms with van der Waals surface area (Å²) in [5, 5.41) is 15.8. The van der Waals surface area contributed by atoms with Gasteiger partial charge < -0.3 is 0 Å². The van der Waals surface area contributed by atoms with E-state index in [2.05, 4.69) is 0 Å². The minimum absolute atomic E-state index is 0.0260. The van der Waals surface area contributed by atoms with Gasteiger partial charge in [-0.05, 0) is 6.92 Å². The van der Waals surface area contributed by atoms with Crippen molar-refractivity contribution >= 4 is 19.1 Å². The van der Waals surface area contributed by atoms with Gasteiger partial charge in [0.15, 0.2) is 0 Å². The van der Waals surface area contributed by atoms with Crippen LogP contribution in [0.25, 0.3) is 0 Å². The van der Waals surface area contributed by atoms with Gasteiger partial charge in [0, 0.05) is 5.56 Å². The predicted octanol–water partition coefficient (Wildman–Crippen LogP) is -0.442. The van der Waals surface area contributed by atoms with E-state index in [-0.39, 0.29) is 5.84 Å². The molecule has 0 radical (unpaired) electrons. The zero-order chi connectivity index (χ0) is 9.14. The van der Waals surface area contributed by atoms with E-state index in [1.807, 2.05) is 32.4 Å². The van der Waals surface area contributed by atoms with E-state index in [9.17, 15) is 0 Å². The molecule has 0 amide bonds. The monoisotopic (exact) mass is 162 g/mol. The Morgan fingerprint density at radius 3 is 2.75 bits per heavy atom. The minimum Gasteiger partial charge on any atom is -0.290 e. The maximum atomic E-state index is 8.47. The fourth-order valence-corrected chi connectivity index (χ4v) is 0.961. The topological polar surface area (TPSA) is 56.1 Å². The summed E-state index contributed by atoms with van der Waals surface area (Å²) < 4.78 is 0. The molecule has 1 aromatic rings. The Labute approximate surface area is 72.3 Å². The number of rotatable bonds is 1. The van der Waals surface area contributed by atoms with E-state index in [1.54, 1.807) is 6.07 Å². The molecule has 12 heavy (non-hydrogen) atoms. The molecule has 3 nitrogen and oxygen atoms in total. The zero-order valence-corrected chi connectivity index (χ0v) is 7.18. The summed E-state index contributed by atoms with van der Waals surface area (Å²) in [7, 11) is 1.98. The third-order valence-electron chi connectivity index (χ3n) is 1.91. The molecule has 0 saturated carbocycles. The van der Waals surface area contributed by atoms with Crippen molar-refractivity contribution in [1.82, 2.24) is 5.48 Å². The second-order valence-electron chi connectivity index (χ2n) is 2.79. The number of nitrogens with one attached hydrogen (secondary N) is 2. The average molecular weight is 162 g/mol. The first-order valence-corrected chi connectivity index (χ1v) is 3.71. The van der Waals surface area contributed by atoms with Gasteiger partial charge in [-0.3, -0.25) is 16.1 Å². The van der Waals surface area contributed by atoms with E-state index >= 15 is 0 Å². The lowest BCUT2D eigenvalue weighted by Gasteiger charge is -2.04.